The molecule has 0 radical (unpaired) electrons. The summed E-state index contributed by atoms with van der Waals surface area (Å²) in [4.78, 5) is 8.51. The van der Waals surface area contributed by atoms with Crippen molar-refractivity contribution in [1.29, 1.82) is 0 Å². The maximum absolute atomic E-state index is 4.33. The molecule has 1 aromatic heterocycles. The van der Waals surface area contributed by atoms with Crippen LogP contribution < -0.4 is 5.32 Å². The Labute approximate surface area is 113 Å². The second-order valence-electron chi connectivity index (χ2n) is 4.32. The second-order valence-corrected chi connectivity index (χ2v) is 5.13. The highest BCUT2D eigenvalue weighted by atomic mass is 79.9. The van der Waals surface area contributed by atoms with Crippen molar-refractivity contribution < 1.29 is 0 Å². The van der Waals surface area contributed by atoms with Gasteiger partial charge in [0.1, 0.15) is 16.2 Å². The van der Waals surface area contributed by atoms with Crippen LogP contribution in [0.15, 0.2) is 10.7 Å². The van der Waals surface area contributed by atoms with Crippen LogP contribution in [0.1, 0.15) is 51.3 Å². The molecule has 1 aromatic rings. The van der Waals surface area contributed by atoms with E-state index in [9.17, 15) is 0 Å². The highest BCUT2D eigenvalue weighted by Crippen LogP contribution is 2.12. The predicted octanol–water partition coefficient (Wildman–Crippen LogP) is 4.32. The number of aryl methyl sites for hydroxylation is 1. The quantitative estimate of drug-likeness (QED) is 0.574. The van der Waals surface area contributed by atoms with E-state index in [1.807, 2.05) is 13.0 Å². The number of rotatable bonds is 8. The van der Waals surface area contributed by atoms with Gasteiger partial charge in [0.15, 0.2) is 0 Å². The molecule has 1 heterocycles. The molecule has 1 rings (SSSR count). The van der Waals surface area contributed by atoms with Gasteiger partial charge in [-0.2, -0.15) is 0 Å². The van der Waals surface area contributed by atoms with E-state index in [0.29, 0.717) is 0 Å². The van der Waals surface area contributed by atoms with Crippen molar-refractivity contribution in [1.82, 2.24) is 9.97 Å². The number of aromatic nitrogens is 2. The van der Waals surface area contributed by atoms with Gasteiger partial charge in [0.2, 0.25) is 0 Å². The van der Waals surface area contributed by atoms with Crippen LogP contribution in [0.25, 0.3) is 0 Å². The monoisotopic (exact) mass is 299 g/mol. The van der Waals surface area contributed by atoms with Gasteiger partial charge in [-0.25, -0.2) is 9.97 Å². The van der Waals surface area contributed by atoms with E-state index in [1.54, 1.807) is 0 Å². The van der Waals surface area contributed by atoms with Crippen LogP contribution in [0.4, 0.5) is 5.82 Å². The molecule has 0 amide bonds. The fourth-order valence-corrected chi connectivity index (χ4v) is 2.22. The van der Waals surface area contributed by atoms with Crippen molar-refractivity contribution in [2.45, 2.75) is 52.4 Å². The zero-order valence-corrected chi connectivity index (χ0v) is 12.4. The molecule has 0 aliphatic rings. The summed E-state index contributed by atoms with van der Waals surface area (Å²) >= 11 is 3.37. The highest BCUT2D eigenvalue weighted by Gasteiger charge is 1.98. The zero-order valence-electron chi connectivity index (χ0n) is 10.8. The maximum atomic E-state index is 4.33. The van der Waals surface area contributed by atoms with Crippen molar-refractivity contribution in [2.75, 3.05) is 11.9 Å². The Hall–Kier alpha value is -0.640. The molecule has 96 valence electrons. The van der Waals surface area contributed by atoms with Gasteiger partial charge in [-0.05, 0) is 29.3 Å². The third-order valence-electron chi connectivity index (χ3n) is 2.64. The number of nitrogens with zero attached hydrogens (tertiary/aromatic N) is 2. The molecule has 0 bridgehead atoms. The Kier molecular flexibility index (Phi) is 7.17. The minimum atomic E-state index is 0.796. The molecule has 1 N–H and O–H groups in total. The molecule has 0 saturated carbocycles. The first-order valence-electron chi connectivity index (χ1n) is 6.47. The topological polar surface area (TPSA) is 37.8 Å². The van der Waals surface area contributed by atoms with Crippen molar-refractivity contribution in [3.05, 3.63) is 16.5 Å². The van der Waals surface area contributed by atoms with Gasteiger partial charge in [0.25, 0.3) is 0 Å². The summed E-state index contributed by atoms with van der Waals surface area (Å²) in [5.74, 6) is 1.71. The highest BCUT2D eigenvalue weighted by molar-refractivity contribution is 9.10. The summed E-state index contributed by atoms with van der Waals surface area (Å²) in [5, 5.41) is 3.34. The van der Waals surface area contributed by atoms with Crippen molar-refractivity contribution in [3.63, 3.8) is 0 Å². The minimum Gasteiger partial charge on any atom is -0.370 e. The van der Waals surface area contributed by atoms with Gasteiger partial charge in [-0.15, -0.1) is 0 Å². The standard InChI is InChI=1S/C13H22BrN3/c1-3-4-5-6-7-8-9-15-13-10-12(14)16-11(2)17-13/h10H,3-9H2,1-2H3,(H,15,16,17). The van der Waals surface area contributed by atoms with Gasteiger partial charge in [0, 0.05) is 12.6 Å². The first kappa shape index (κ1) is 14.4. The molecule has 4 heteroatoms. The summed E-state index contributed by atoms with van der Waals surface area (Å²) in [5.41, 5.74) is 0. The fourth-order valence-electron chi connectivity index (χ4n) is 1.74. The van der Waals surface area contributed by atoms with Crippen molar-refractivity contribution in [3.8, 4) is 0 Å². The van der Waals surface area contributed by atoms with Crippen molar-refractivity contribution in [2.24, 2.45) is 0 Å². The lowest BCUT2D eigenvalue weighted by Gasteiger charge is -2.06. The summed E-state index contributed by atoms with van der Waals surface area (Å²) < 4.78 is 0.843. The average Bonchev–Trinajstić information content (AvgIpc) is 2.26. The summed E-state index contributed by atoms with van der Waals surface area (Å²) in [6.45, 7) is 5.15. The summed E-state index contributed by atoms with van der Waals surface area (Å²) in [7, 11) is 0. The minimum absolute atomic E-state index is 0.796. The molecule has 0 saturated heterocycles. The first-order valence-corrected chi connectivity index (χ1v) is 7.26. The lowest BCUT2D eigenvalue weighted by atomic mass is 10.1. The molecular weight excluding hydrogens is 278 g/mol. The molecule has 0 aliphatic carbocycles. The number of nitrogens with one attached hydrogen (secondary N) is 1. The Balaban J connectivity index is 2.13. The Morgan fingerprint density at radius 1 is 1.12 bits per heavy atom. The largest absolute Gasteiger partial charge is 0.370 e. The number of hydrogen-bond acceptors (Lipinski definition) is 3. The van der Waals surface area contributed by atoms with Crippen LogP contribution in [-0.4, -0.2) is 16.5 Å². The third kappa shape index (κ3) is 6.61. The number of halogens is 1. The van der Waals surface area contributed by atoms with Gasteiger partial charge >= 0.3 is 0 Å². The van der Waals surface area contributed by atoms with Crippen molar-refractivity contribution >= 4 is 21.7 Å². The van der Waals surface area contributed by atoms with E-state index in [1.165, 1.54) is 38.5 Å². The smallest absolute Gasteiger partial charge is 0.130 e. The Morgan fingerprint density at radius 2 is 1.82 bits per heavy atom. The molecule has 0 fully saturated rings. The molecule has 0 atom stereocenters. The van der Waals surface area contributed by atoms with Crippen LogP contribution in [0, 0.1) is 6.92 Å². The molecule has 0 aliphatic heterocycles. The van der Waals surface area contributed by atoms with Gasteiger partial charge < -0.3 is 5.32 Å². The van der Waals surface area contributed by atoms with Crippen LogP contribution in [0.3, 0.4) is 0 Å². The van der Waals surface area contributed by atoms with Gasteiger partial charge in [0.05, 0.1) is 0 Å². The summed E-state index contributed by atoms with van der Waals surface area (Å²) in [6, 6.07) is 1.92. The third-order valence-corrected chi connectivity index (χ3v) is 3.05. The maximum Gasteiger partial charge on any atom is 0.130 e. The van der Waals surface area contributed by atoms with E-state index < -0.39 is 0 Å². The number of hydrogen-bond donors (Lipinski definition) is 1. The number of unbranched alkanes of at least 4 members (excludes halogenated alkanes) is 5. The van der Waals surface area contributed by atoms with Crippen LogP contribution >= 0.6 is 15.9 Å². The first-order chi connectivity index (χ1) is 8.22. The summed E-state index contributed by atoms with van der Waals surface area (Å²) in [6.07, 6.45) is 7.91. The van der Waals surface area contributed by atoms with Gasteiger partial charge in [-0.1, -0.05) is 39.0 Å². The Bertz CT molecular complexity index is 308. The molecule has 17 heavy (non-hydrogen) atoms. The van der Waals surface area contributed by atoms with E-state index >= 15 is 0 Å². The zero-order chi connectivity index (χ0) is 12.5. The van der Waals surface area contributed by atoms with Crippen LogP contribution in [0.5, 0.6) is 0 Å². The normalized spacial score (nSPS) is 10.5. The van der Waals surface area contributed by atoms with E-state index in [4.69, 9.17) is 0 Å². The molecule has 0 unspecified atom stereocenters. The lowest BCUT2D eigenvalue weighted by Crippen LogP contribution is -2.04. The van der Waals surface area contributed by atoms with Crippen LogP contribution in [-0.2, 0) is 0 Å². The second kappa shape index (κ2) is 8.45. The molecule has 0 spiro atoms. The van der Waals surface area contributed by atoms with E-state index in [-0.39, 0.29) is 0 Å². The van der Waals surface area contributed by atoms with E-state index in [0.717, 1.165) is 22.8 Å². The predicted molar refractivity (Wildman–Crippen MR) is 76.3 cm³/mol. The molecule has 0 aromatic carbocycles. The molecule has 3 nitrogen and oxygen atoms in total. The SMILES string of the molecule is CCCCCCCCNc1cc(Br)nc(C)n1. The fraction of sp³-hybridized carbons (Fsp3) is 0.692. The average molecular weight is 300 g/mol. The van der Waals surface area contributed by atoms with E-state index in [2.05, 4.69) is 38.1 Å². The lowest BCUT2D eigenvalue weighted by molar-refractivity contribution is 0.616. The molecular formula is C13H22BrN3. The number of anilines is 1. The van der Waals surface area contributed by atoms with Gasteiger partial charge in [-0.3, -0.25) is 0 Å². The Morgan fingerprint density at radius 3 is 2.53 bits per heavy atom. The van der Waals surface area contributed by atoms with Crippen LogP contribution in [0.2, 0.25) is 0 Å².